The van der Waals surface area contributed by atoms with Crippen molar-refractivity contribution in [2.75, 3.05) is 6.26 Å². The van der Waals surface area contributed by atoms with Gasteiger partial charge in [-0.1, -0.05) is 5.21 Å². The summed E-state index contributed by atoms with van der Waals surface area (Å²) in [5.74, 6) is -8.90. The first kappa shape index (κ1) is 18.6. The molecule has 0 aliphatic carbocycles. The van der Waals surface area contributed by atoms with Gasteiger partial charge < -0.3 is 4.57 Å². The molecule has 1 aromatic rings. The van der Waals surface area contributed by atoms with Crippen molar-refractivity contribution in [1.82, 2.24) is 9.63 Å². The van der Waals surface area contributed by atoms with Crippen molar-refractivity contribution in [3.05, 3.63) is 17.8 Å². The zero-order valence-corrected chi connectivity index (χ0v) is 11.7. The van der Waals surface area contributed by atoms with Crippen LogP contribution in [0.15, 0.2) is 17.2 Å². The monoisotopic (exact) mass is 353 g/mol. The van der Waals surface area contributed by atoms with Gasteiger partial charge in [-0.2, -0.15) is 30.7 Å². The number of rotatable bonds is 4. The van der Waals surface area contributed by atoms with Crippen molar-refractivity contribution in [1.29, 1.82) is 0 Å². The number of aromatic nitrogens is 1. The molecule has 1 amide bonds. The maximum atomic E-state index is 13.2. The molecule has 1 radical (unpaired) electrons. The molecular formula is C10H8F7N2O2S. The van der Waals surface area contributed by atoms with Gasteiger partial charge in [-0.05, 0) is 18.4 Å². The minimum Gasteiger partial charge on any atom is -0.335 e. The summed E-state index contributed by atoms with van der Waals surface area (Å²) < 4.78 is 88.6. The summed E-state index contributed by atoms with van der Waals surface area (Å²) in [5, 5.41) is 9.28. The van der Waals surface area contributed by atoms with Crippen LogP contribution in [-0.2, 0) is 12.3 Å². The third kappa shape index (κ3) is 2.76. The van der Waals surface area contributed by atoms with Crippen molar-refractivity contribution in [3.8, 4) is 0 Å². The summed E-state index contributed by atoms with van der Waals surface area (Å²) >= 11 is 1.04. The zero-order valence-electron chi connectivity index (χ0n) is 10.9. The Labute approximate surface area is 123 Å². The van der Waals surface area contributed by atoms with Crippen LogP contribution >= 0.6 is 11.8 Å². The normalized spacial score (nSPS) is 13.4. The van der Waals surface area contributed by atoms with E-state index in [1.165, 1.54) is 12.3 Å². The van der Waals surface area contributed by atoms with E-state index in [1.807, 2.05) is 0 Å². The Bertz CT molecular complexity index is 570. The number of nitrogens with zero attached hydrogens (tertiary/aromatic N) is 2. The first-order chi connectivity index (χ1) is 9.79. The van der Waals surface area contributed by atoms with Crippen LogP contribution in [-0.4, -0.2) is 39.9 Å². The molecule has 0 atom stereocenters. The third-order valence-electron chi connectivity index (χ3n) is 2.68. The fourth-order valence-corrected chi connectivity index (χ4v) is 2.02. The van der Waals surface area contributed by atoms with E-state index in [2.05, 4.69) is 0 Å². The highest BCUT2D eigenvalue weighted by Crippen LogP contribution is 2.48. The lowest BCUT2D eigenvalue weighted by atomic mass is 10.2. The highest BCUT2D eigenvalue weighted by Gasteiger charge is 2.77. The molecule has 22 heavy (non-hydrogen) atoms. The van der Waals surface area contributed by atoms with Gasteiger partial charge in [-0.3, -0.25) is 4.79 Å². The van der Waals surface area contributed by atoms with Crippen LogP contribution in [0.2, 0.25) is 0 Å². The summed E-state index contributed by atoms with van der Waals surface area (Å²) in [5.41, 5.74) is -0.753. The number of carbonyl (C=O) groups is 1. The highest BCUT2D eigenvalue weighted by atomic mass is 32.2. The maximum Gasteiger partial charge on any atom is 0.462 e. The molecule has 0 fully saturated rings. The summed E-state index contributed by atoms with van der Waals surface area (Å²) in [6, 6.07) is -4.21. The Hall–Kier alpha value is -1.43. The molecule has 0 spiro atoms. The second-order valence-electron chi connectivity index (χ2n) is 4.03. The Morgan fingerprint density at radius 3 is 2.00 bits per heavy atom. The number of hydrogen-bond donors (Lipinski definition) is 0. The van der Waals surface area contributed by atoms with Gasteiger partial charge in [0.05, 0.1) is 5.03 Å². The maximum absolute atomic E-state index is 13.2. The van der Waals surface area contributed by atoms with Crippen LogP contribution in [0.3, 0.4) is 0 Å². The first-order valence-electron chi connectivity index (χ1n) is 5.32. The Kier molecular flexibility index (Phi) is 4.78. The molecule has 1 heterocycles. The van der Waals surface area contributed by atoms with Crippen LogP contribution in [0.1, 0.15) is 10.5 Å². The number of hydrogen-bond acceptors (Lipinski definition) is 2. The molecule has 0 bridgehead atoms. The van der Waals surface area contributed by atoms with Gasteiger partial charge in [-0.25, -0.2) is 0 Å². The Morgan fingerprint density at radius 1 is 1.14 bits per heavy atom. The SMILES string of the molecule is CSc1ccc(C(=O)N([O])C(F)(F)C(F)(F)C(F)(F)F)n1C. The summed E-state index contributed by atoms with van der Waals surface area (Å²) in [4.78, 5) is 11.5. The minimum atomic E-state index is -6.70. The van der Waals surface area contributed by atoms with E-state index in [1.54, 1.807) is 0 Å². The minimum absolute atomic E-state index is 0.308. The number of amides is 1. The lowest BCUT2D eigenvalue weighted by Crippen LogP contribution is -2.61. The van der Waals surface area contributed by atoms with Crippen molar-refractivity contribution >= 4 is 17.7 Å². The molecule has 1 aromatic heterocycles. The lowest BCUT2D eigenvalue weighted by Gasteiger charge is -2.31. The Balaban J connectivity index is 3.21. The van der Waals surface area contributed by atoms with Gasteiger partial charge in [0, 0.05) is 7.05 Å². The van der Waals surface area contributed by atoms with E-state index in [0.717, 1.165) is 29.4 Å². The van der Waals surface area contributed by atoms with Gasteiger partial charge in [0.2, 0.25) is 0 Å². The predicted molar refractivity (Wildman–Crippen MR) is 60.0 cm³/mol. The lowest BCUT2D eigenvalue weighted by molar-refractivity contribution is -0.425. The van der Waals surface area contributed by atoms with E-state index < -0.39 is 34.8 Å². The van der Waals surface area contributed by atoms with Crippen LogP contribution in [0, 0.1) is 0 Å². The largest absolute Gasteiger partial charge is 0.462 e. The molecular weight excluding hydrogens is 345 g/mol. The second kappa shape index (κ2) is 5.65. The van der Waals surface area contributed by atoms with Crippen LogP contribution in [0.25, 0.3) is 0 Å². The van der Waals surface area contributed by atoms with Crippen molar-refractivity contribution in [2.24, 2.45) is 7.05 Å². The second-order valence-corrected chi connectivity index (χ2v) is 4.86. The Morgan fingerprint density at radius 2 is 1.64 bits per heavy atom. The molecule has 0 N–H and O–H groups in total. The predicted octanol–water partition coefficient (Wildman–Crippen LogP) is 3.33. The molecule has 0 aromatic carbocycles. The van der Waals surface area contributed by atoms with E-state index in [4.69, 9.17) is 0 Å². The standard InChI is InChI=1S/C10H8F7N2O2S/c1-18-5(3-4-6(18)22-2)7(20)19(21)10(16,17)8(11,12)9(13,14)15/h3-4H,1-2H3. The van der Waals surface area contributed by atoms with E-state index >= 15 is 0 Å². The molecule has 0 saturated carbocycles. The van der Waals surface area contributed by atoms with Gasteiger partial charge in [0.1, 0.15) is 5.69 Å². The summed E-state index contributed by atoms with van der Waals surface area (Å²) in [7, 11) is 1.16. The van der Waals surface area contributed by atoms with Gasteiger partial charge >= 0.3 is 24.1 Å². The summed E-state index contributed by atoms with van der Waals surface area (Å²) in [6.07, 6.45) is -5.16. The molecule has 12 heteroatoms. The molecule has 0 saturated heterocycles. The number of alkyl halides is 7. The fourth-order valence-electron chi connectivity index (χ4n) is 1.44. The van der Waals surface area contributed by atoms with Gasteiger partial charge in [0.15, 0.2) is 0 Å². The van der Waals surface area contributed by atoms with E-state index in [0.29, 0.717) is 5.03 Å². The van der Waals surface area contributed by atoms with Gasteiger partial charge in [0.25, 0.3) is 0 Å². The molecule has 125 valence electrons. The van der Waals surface area contributed by atoms with Crippen molar-refractivity contribution in [3.63, 3.8) is 0 Å². The highest BCUT2D eigenvalue weighted by molar-refractivity contribution is 7.98. The average Bonchev–Trinajstić information content (AvgIpc) is 2.76. The molecule has 0 aliphatic rings. The van der Waals surface area contributed by atoms with E-state index in [9.17, 15) is 40.7 Å². The quantitative estimate of drug-likeness (QED) is 0.361. The van der Waals surface area contributed by atoms with Crippen LogP contribution in [0.4, 0.5) is 30.7 Å². The van der Waals surface area contributed by atoms with Gasteiger partial charge in [-0.15, -0.1) is 16.8 Å². The van der Waals surface area contributed by atoms with E-state index in [-0.39, 0.29) is 0 Å². The number of thioether (sulfide) groups is 1. The molecule has 0 aliphatic heterocycles. The van der Waals surface area contributed by atoms with Crippen molar-refractivity contribution in [2.45, 2.75) is 23.2 Å². The number of hydroxylamine groups is 2. The zero-order chi connectivity index (χ0) is 17.5. The number of carbonyl (C=O) groups excluding carboxylic acids is 1. The van der Waals surface area contributed by atoms with Crippen LogP contribution in [0.5, 0.6) is 0 Å². The van der Waals surface area contributed by atoms with Crippen LogP contribution < -0.4 is 0 Å². The topological polar surface area (TPSA) is 45.1 Å². The van der Waals surface area contributed by atoms with Crippen molar-refractivity contribution < 1.29 is 40.7 Å². The summed E-state index contributed by atoms with van der Waals surface area (Å²) in [6.45, 7) is 0. The first-order valence-corrected chi connectivity index (χ1v) is 6.55. The fraction of sp³-hybridized carbons (Fsp3) is 0.500. The number of halogens is 7. The molecule has 0 unspecified atom stereocenters. The average molecular weight is 353 g/mol. The smallest absolute Gasteiger partial charge is 0.335 e. The molecule has 1 rings (SSSR count). The third-order valence-corrected chi connectivity index (χ3v) is 3.51. The molecule has 4 nitrogen and oxygen atoms in total.